The van der Waals surface area contributed by atoms with Crippen LogP contribution in [0.3, 0.4) is 0 Å². The first kappa shape index (κ1) is 13.2. The Labute approximate surface area is 125 Å². The van der Waals surface area contributed by atoms with E-state index in [1.54, 1.807) is 24.3 Å². The van der Waals surface area contributed by atoms with E-state index in [2.05, 4.69) is 0 Å². The summed E-state index contributed by atoms with van der Waals surface area (Å²) in [6.07, 6.45) is 0. The van der Waals surface area contributed by atoms with Crippen molar-refractivity contribution in [2.75, 3.05) is 0 Å². The number of benzene rings is 2. The van der Waals surface area contributed by atoms with Crippen molar-refractivity contribution >= 4 is 40.0 Å². The van der Waals surface area contributed by atoms with Gasteiger partial charge in [-0.25, -0.2) is 0 Å². The first-order chi connectivity index (χ1) is 9.56. The quantitative estimate of drug-likeness (QED) is 0.603. The average Bonchev–Trinajstić information content (AvgIpc) is 2.81. The summed E-state index contributed by atoms with van der Waals surface area (Å²) in [6.45, 7) is 1.98. The molecule has 20 heavy (non-hydrogen) atoms. The van der Waals surface area contributed by atoms with Crippen molar-refractivity contribution in [3.8, 4) is 0 Å². The lowest BCUT2D eigenvalue weighted by atomic mass is 10.1. The Morgan fingerprint density at radius 1 is 1.05 bits per heavy atom. The van der Waals surface area contributed by atoms with Crippen molar-refractivity contribution in [1.29, 1.82) is 0 Å². The number of halogens is 2. The van der Waals surface area contributed by atoms with Crippen molar-refractivity contribution in [1.82, 2.24) is 0 Å². The van der Waals surface area contributed by atoms with Crippen LogP contribution < -0.4 is 0 Å². The summed E-state index contributed by atoms with van der Waals surface area (Å²) in [5.74, 6) is -0.0740. The van der Waals surface area contributed by atoms with Crippen LogP contribution in [0.1, 0.15) is 21.7 Å². The van der Waals surface area contributed by atoms with Crippen molar-refractivity contribution in [2.24, 2.45) is 0 Å². The Bertz CT molecular complexity index is 798. The molecule has 0 saturated carbocycles. The number of rotatable bonds is 2. The molecular formula is C16H10Cl2O2. The second-order valence-electron chi connectivity index (χ2n) is 4.58. The second-order valence-corrected chi connectivity index (χ2v) is 5.39. The average molecular weight is 305 g/mol. The molecular weight excluding hydrogens is 295 g/mol. The van der Waals surface area contributed by atoms with Crippen LogP contribution in [0.2, 0.25) is 10.0 Å². The van der Waals surface area contributed by atoms with E-state index in [0.717, 1.165) is 10.9 Å². The normalized spacial score (nSPS) is 10.9. The molecule has 2 aromatic carbocycles. The molecule has 0 radical (unpaired) electrons. The van der Waals surface area contributed by atoms with Gasteiger partial charge in [0.25, 0.3) is 0 Å². The SMILES string of the molecule is Cc1ccc2oc(C(=O)c3c(Cl)cccc3Cl)cc2c1. The topological polar surface area (TPSA) is 30.2 Å². The predicted octanol–water partition coefficient (Wildman–Crippen LogP) is 5.28. The largest absolute Gasteiger partial charge is 0.453 e. The summed E-state index contributed by atoms with van der Waals surface area (Å²) in [7, 11) is 0. The van der Waals surface area contributed by atoms with Gasteiger partial charge >= 0.3 is 0 Å². The van der Waals surface area contributed by atoms with Crippen LogP contribution in [0.5, 0.6) is 0 Å². The molecule has 0 aliphatic carbocycles. The van der Waals surface area contributed by atoms with E-state index in [0.29, 0.717) is 15.6 Å². The van der Waals surface area contributed by atoms with E-state index < -0.39 is 0 Å². The highest BCUT2D eigenvalue weighted by molar-refractivity contribution is 6.40. The molecule has 100 valence electrons. The van der Waals surface area contributed by atoms with Gasteiger partial charge < -0.3 is 4.42 Å². The van der Waals surface area contributed by atoms with Crippen LogP contribution in [0.25, 0.3) is 11.0 Å². The van der Waals surface area contributed by atoms with Gasteiger partial charge in [-0.1, -0.05) is 40.9 Å². The van der Waals surface area contributed by atoms with Crippen LogP contribution in [-0.2, 0) is 0 Å². The fraction of sp³-hybridized carbons (Fsp3) is 0.0625. The standard InChI is InChI=1S/C16H10Cl2O2/c1-9-5-6-13-10(7-9)8-14(20-13)16(19)15-11(17)3-2-4-12(15)18/h2-8H,1H3. The summed E-state index contributed by atoms with van der Waals surface area (Å²) < 4.78 is 5.58. The van der Waals surface area contributed by atoms with Gasteiger partial charge in [0.1, 0.15) is 5.58 Å². The minimum absolute atomic E-state index is 0.237. The Hall–Kier alpha value is -1.77. The highest BCUT2D eigenvalue weighted by atomic mass is 35.5. The molecule has 0 aliphatic rings. The van der Waals surface area contributed by atoms with Crippen LogP contribution in [-0.4, -0.2) is 5.78 Å². The van der Waals surface area contributed by atoms with Gasteiger partial charge in [0, 0.05) is 5.39 Å². The molecule has 3 aromatic rings. The second kappa shape index (κ2) is 4.97. The van der Waals surface area contributed by atoms with Gasteiger partial charge in [0.2, 0.25) is 5.78 Å². The monoisotopic (exact) mass is 304 g/mol. The molecule has 2 nitrogen and oxygen atoms in total. The van der Waals surface area contributed by atoms with Crippen molar-refractivity contribution in [3.63, 3.8) is 0 Å². The lowest BCUT2D eigenvalue weighted by molar-refractivity contribution is 0.101. The lowest BCUT2D eigenvalue weighted by Gasteiger charge is -2.03. The zero-order valence-electron chi connectivity index (χ0n) is 10.6. The number of hydrogen-bond donors (Lipinski definition) is 0. The minimum atomic E-state index is -0.311. The van der Waals surface area contributed by atoms with Crippen molar-refractivity contribution < 1.29 is 9.21 Å². The highest BCUT2D eigenvalue weighted by Crippen LogP contribution is 2.29. The van der Waals surface area contributed by atoms with Gasteiger partial charge in [-0.3, -0.25) is 4.79 Å². The highest BCUT2D eigenvalue weighted by Gasteiger charge is 2.20. The maximum Gasteiger partial charge on any atom is 0.231 e. The van der Waals surface area contributed by atoms with Crippen LogP contribution in [0, 0.1) is 6.92 Å². The molecule has 0 bridgehead atoms. The number of hydrogen-bond acceptors (Lipinski definition) is 2. The van der Waals surface area contributed by atoms with Gasteiger partial charge in [0.15, 0.2) is 5.76 Å². The third-order valence-electron chi connectivity index (χ3n) is 3.09. The summed E-state index contributed by atoms with van der Waals surface area (Å²) in [5.41, 5.74) is 2.04. The molecule has 0 saturated heterocycles. The number of aryl methyl sites for hydroxylation is 1. The molecule has 1 heterocycles. The zero-order valence-corrected chi connectivity index (χ0v) is 12.1. The number of fused-ring (bicyclic) bond motifs is 1. The molecule has 0 aliphatic heterocycles. The minimum Gasteiger partial charge on any atom is -0.453 e. The summed E-state index contributed by atoms with van der Waals surface area (Å²) in [5, 5.41) is 1.52. The van der Waals surface area contributed by atoms with Crippen LogP contribution >= 0.6 is 23.2 Å². The fourth-order valence-corrected chi connectivity index (χ4v) is 2.68. The molecule has 0 spiro atoms. The third kappa shape index (κ3) is 2.21. The van der Waals surface area contributed by atoms with E-state index in [1.165, 1.54) is 0 Å². The molecule has 3 rings (SSSR count). The van der Waals surface area contributed by atoms with E-state index in [1.807, 2.05) is 25.1 Å². The van der Waals surface area contributed by atoms with E-state index in [4.69, 9.17) is 27.6 Å². The summed E-state index contributed by atoms with van der Waals surface area (Å²) >= 11 is 12.1. The first-order valence-corrected chi connectivity index (χ1v) is 6.81. The zero-order chi connectivity index (χ0) is 14.3. The summed E-state index contributed by atoms with van der Waals surface area (Å²) in [6, 6.07) is 12.4. The number of ketones is 1. The molecule has 4 heteroatoms. The third-order valence-corrected chi connectivity index (χ3v) is 3.72. The Morgan fingerprint density at radius 2 is 1.75 bits per heavy atom. The van der Waals surface area contributed by atoms with Crippen molar-refractivity contribution in [3.05, 3.63) is 69.4 Å². The molecule has 1 aromatic heterocycles. The van der Waals surface area contributed by atoms with Gasteiger partial charge in [0.05, 0.1) is 15.6 Å². The number of carbonyl (C=O) groups is 1. The van der Waals surface area contributed by atoms with E-state index >= 15 is 0 Å². The van der Waals surface area contributed by atoms with E-state index in [9.17, 15) is 4.79 Å². The Balaban J connectivity index is 2.13. The van der Waals surface area contributed by atoms with Gasteiger partial charge in [-0.05, 0) is 37.3 Å². The van der Waals surface area contributed by atoms with Gasteiger partial charge in [-0.2, -0.15) is 0 Å². The number of carbonyl (C=O) groups excluding carboxylic acids is 1. The fourth-order valence-electron chi connectivity index (χ4n) is 2.11. The van der Waals surface area contributed by atoms with Gasteiger partial charge in [-0.15, -0.1) is 0 Å². The van der Waals surface area contributed by atoms with Crippen LogP contribution in [0.4, 0.5) is 0 Å². The Kier molecular flexibility index (Phi) is 3.28. The molecule has 0 amide bonds. The van der Waals surface area contributed by atoms with Crippen LogP contribution in [0.15, 0.2) is 46.9 Å². The predicted molar refractivity (Wildman–Crippen MR) is 80.8 cm³/mol. The molecule has 0 atom stereocenters. The number of furan rings is 1. The smallest absolute Gasteiger partial charge is 0.231 e. The molecule has 0 N–H and O–H groups in total. The maximum atomic E-state index is 12.5. The van der Waals surface area contributed by atoms with E-state index in [-0.39, 0.29) is 17.1 Å². The maximum absolute atomic E-state index is 12.5. The van der Waals surface area contributed by atoms with Crippen molar-refractivity contribution in [2.45, 2.75) is 6.92 Å². The lowest BCUT2D eigenvalue weighted by Crippen LogP contribution is -2.01. The Morgan fingerprint density at radius 3 is 2.45 bits per heavy atom. The molecule has 0 unspecified atom stereocenters. The molecule has 0 fully saturated rings. The first-order valence-electron chi connectivity index (χ1n) is 6.05. The summed E-state index contributed by atoms with van der Waals surface area (Å²) in [4.78, 5) is 12.5.